The van der Waals surface area contributed by atoms with E-state index in [4.69, 9.17) is 0 Å². The van der Waals surface area contributed by atoms with Crippen molar-refractivity contribution < 1.29 is 4.79 Å². The van der Waals surface area contributed by atoms with Crippen LogP contribution in [0.15, 0.2) is 60.2 Å². The van der Waals surface area contributed by atoms with Gasteiger partial charge in [-0.3, -0.25) is 9.20 Å². The van der Waals surface area contributed by atoms with Gasteiger partial charge in [0.15, 0.2) is 4.96 Å². The maximum absolute atomic E-state index is 12.5. The highest BCUT2D eigenvalue weighted by atomic mass is 32.1. The monoisotopic (exact) mass is 347 g/mol. The van der Waals surface area contributed by atoms with E-state index in [2.05, 4.69) is 10.3 Å². The Bertz CT molecular complexity index is 1030. The highest BCUT2D eigenvalue weighted by Crippen LogP contribution is 2.23. The van der Waals surface area contributed by atoms with Gasteiger partial charge in [0.25, 0.3) is 5.91 Å². The molecular weight excluding hydrogens is 330 g/mol. The summed E-state index contributed by atoms with van der Waals surface area (Å²) >= 11 is 1.61. The van der Waals surface area contributed by atoms with Crippen LogP contribution in [0.1, 0.15) is 21.5 Å². The predicted molar refractivity (Wildman–Crippen MR) is 102 cm³/mol. The normalized spacial score (nSPS) is 11.0. The summed E-state index contributed by atoms with van der Waals surface area (Å²) in [5, 5.41) is 4.97. The van der Waals surface area contributed by atoms with E-state index in [9.17, 15) is 4.79 Å². The fraction of sp³-hybridized carbons (Fsp3) is 0.100. The largest absolute Gasteiger partial charge is 0.322 e. The fourth-order valence-electron chi connectivity index (χ4n) is 2.86. The number of hydrogen-bond acceptors (Lipinski definition) is 3. The third-order valence-electron chi connectivity index (χ3n) is 4.16. The van der Waals surface area contributed by atoms with Gasteiger partial charge < -0.3 is 5.32 Å². The molecule has 25 heavy (non-hydrogen) atoms. The molecule has 0 fully saturated rings. The van der Waals surface area contributed by atoms with Crippen molar-refractivity contribution >= 4 is 27.9 Å². The van der Waals surface area contributed by atoms with Crippen LogP contribution in [-0.2, 0) is 0 Å². The number of fused-ring (bicyclic) bond motifs is 1. The van der Waals surface area contributed by atoms with Crippen molar-refractivity contribution in [2.75, 3.05) is 5.32 Å². The Morgan fingerprint density at radius 3 is 2.64 bits per heavy atom. The van der Waals surface area contributed by atoms with Crippen molar-refractivity contribution in [3.05, 3.63) is 76.9 Å². The molecule has 0 aliphatic heterocycles. The summed E-state index contributed by atoms with van der Waals surface area (Å²) in [5.41, 5.74) is 5.56. The van der Waals surface area contributed by atoms with Crippen LogP contribution in [0.3, 0.4) is 0 Å². The van der Waals surface area contributed by atoms with E-state index in [1.165, 1.54) is 0 Å². The zero-order valence-electron chi connectivity index (χ0n) is 14.0. The van der Waals surface area contributed by atoms with Crippen molar-refractivity contribution in [2.45, 2.75) is 13.8 Å². The van der Waals surface area contributed by atoms with E-state index < -0.39 is 0 Å². The molecule has 1 N–H and O–H groups in total. The van der Waals surface area contributed by atoms with Crippen LogP contribution < -0.4 is 5.32 Å². The van der Waals surface area contributed by atoms with Gasteiger partial charge in [0.05, 0.1) is 5.69 Å². The lowest BCUT2D eigenvalue weighted by Gasteiger charge is -2.09. The minimum Gasteiger partial charge on any atom is -0.322 e. The molecule has 2 aromatic carbocycles. The minimum atomic E-state index is -0.0900. The van der Waals surface area contributed by atoms with Gasteiger partial charge in [0.1, 0.15) is 0 Å². The molecule has 0 unspecified atom stereocenters. The standard InChI is InChI=1S/C20H17N3OS/c1-13-3-8-17(14(2)11-13)19(24)21-16-6-4-15(5-7-16)18-12-23-9-10-25-20(23)22-18/h3-12H,1-2H3,(H,21,24). The molecule has 4 rings (SSSR count). The van der Waals surface area contributed by atoms with Crippen LogP contribution in [0.25, 0.3) is 16.2 Å². The van der Waals surface area contributed by atoms with E-state index >= 15 is 0 Å². The SMILES string of the molecule is Cc1ccc(C(=O)Nc2ccc(-c3cn4ccsc4n3)cc2)c(C)c1. The summed E-state index contributed by atoms with van der Waals surface area (Å²) in [6, 6.07) is 13.6. The maximum Gasteiger partial charge on any atom is 0.255 e. The van der Waals surface area contributed by atoms with Crippen LogP contribution in [0.5, 0.6) is 0 Å². The second-order valence-electron chi connectivity index (χ2n) is 6.07. The third kappa shape index (κ3) is 3.06. The summed E-state index contributed by atoms with van der Waals surface area (Å²) in [5.74, 6) is -0.0900. The van der Waals surface area contributed by atoms with Gasteiger partial charge in [-0.05, 0) is 37.6 Å². The van der Waals surface area contributed by atoms with Crippen LogP contribution in [0.4, 0.5) is 5.69 Å². The number of carbonyl (C=O) groups is 1. The van der Waals surface area contributed by atoms with Gasteiger partial charge in [-0.1, -0.05) is 29.8 Å². The van der Waals surface area contributed by atoms with Gasteiger partial charge in [-0.15, -0.1) is 11.3 Å². The Kier molecular flexibility index (Phi) is 3.86. The van der Waals surface area contributed by atoms with Crippen molar-refractivity contribution in [3.63, 3.8) is 0 Å². The number of aromatic nitrogens is 2. The number of nitrogens with one attached hydrogen (secondary N) is 1. The molecule has 0 saturated heterocycles. The first-order valence-corrected chi connectivity index (χ1v) is 8.89. The maximum atomic E-state index is 12.5. The number of carbonyl (C=O) groups excluding carboxylic acids is 1. The minimum absolute atomic E-state index is 0.0900. The molecule has 5 heteroatoms. The van der Waals surface area contributed by atoms with E-state index in [-0.39, 0.29) is 5.91 Å². The number of amides is 1. The van der Waals surface area contributed by atoms with Crippen molar-refractivity contribution in [1.29, 1.82) is 0 Å². The molecule has 4 nitrogen and oxygen atoms in total. The molecule has 0 bridgehead atoms. The van der Waals surface area contributed by atoms with Crippen LogP contribution in [0, 0.1) is 13.8 Å². The van der Waals surface area contributed by atoms with Crippen molar-refractivity contribution in [3.8, 4) is 11.3 Å². The number of thiazole rings is 1. The molecular formula is C20H17N3OS. The lowest BCUT2D eigenvalue weighted by molar-refractivity contribution is 0.102. The number of anilines is 1. The van der Waals surface area contributed by atoms with Gasteiger partial charge in [0.2, 0.25) is 0 Å². The first kappa shape index (κ1) is 15.6. The van der Waals surface area contributed by atoms with E-state index in [1.807, 2.05) is 78.5 Å². The van der Waals surface area contributed by atoms with Gasteiger partial charge in [-0.2, -0.15) is 0 Å². The van der Waals surface area contributed by atoms with Crippen molar-refractivity contribution in [1.82, 2.24) is 9.38 Å². The molecule has 0 spiro atoms. The lowest BCUT2D eigenvalue weighted by atomic mass is 10.1. The zero-order valence-corrected chi connectivity index (χ0v) is 14.8. The van der Waals surface area contributed by atoms with Gasteiger partial charge in [-0.25, -0.2) is 4.98 Å². The Morgan fingerprint density at radius 1 is 1.12 bits per heavy atom. The summed E-state index contributed by atoms with van der Waals surface area (Å²) in [6.45, 7) is 3.98. The molecule has 0 atom stereocenters. The average Bonchev–Trinajstić information content (AvgIpc) is 3.17. The van der Waals surface area contributed by atoms with Gasteiger partial charge in [0, 0.05) is 34.6 Å². The first-order chi connectivity index (χ1) is 12.1. The predicted octanol–water partition coefficient (Wildman–Crippen LogP) is 4.93. The molecule has 124 valence electrons. The molecule has 4 aromatic rings. The molecule has 0 saturated carbocycles. The van der Waals surface area contributed by atoms with E-state index in [0.717, 1.165) is 33.0 Å². The van der Waals surface area contributed by atoms with Crippen LogP contribution >= 0.6 is 11.3 Å². The van der Waals surface area contributed by atoms with Gasteiger partial charge >= 0.3 is 0 Å². The molecule has 0 radical (unpaired) electrons. The topological polar surface area (TPSA) is 46.4 Å². The Balaban J connectivity index is 1.53. The second kappa shape index (κ2) is 6.18. The molecule has 2 aromatic heterocycles. The molecule has 0 aliphatic rings. The van der Waals surface area contributed by atoms with E-state index in [1.54, 1.807) is 11.3 Å². The van der Waals surface area contributed by atoms with Crippen molar-refractivity contribution in [2.24, 2.45) is 0 Å². The molecule has 0 aliphatic carbocycles. The van der Waals surface area contributed by atoms with E-state index in [0.29, 0.717) is 5.56 Å². The number of imidazole rings is 1. The third-order valence-corrected chi connectivity index (χ3v) is 4.93. The Labute approximate surface area is 149 Å². The van der Waals surface area contributed by atoms with Crippen LogP contribution in [-0.4, -0.2) is 15.3 Å². The summed E-state index contributed by atoms with van der Waals surface area (Å²) < 4.78 is 2.01. The second-order valence-corrected chi connectivity index (χ2v) is 6.94. The summed E-state index contributed by atoms with van der Waals surface area (Å²) in [7, 11) is 0. The van der Waals surface area contributed by atoms with Crippen LogP contribution in [0.2, 0.25) is 0 Å². The average molecular weight is 347 g/mol. The Hall–Kier alpha value is -2.92. The number of rotatable bonds is 3. The number of aryl methyl sites for hydroxylation is 2. The number of hydrogen-bond donors (Lipinski definition) is 1. The highest BCUT2D eigenvalue weighted by molar-refractivity contribution is 7.15. The summed E-state index contributed by atoms with van der Waals surface area (Å²) in [6.07, 6.45) is 4.00. The fourth-order valence-corrected chi connectivity index (χ4v) is 3.56. The zero-order chi connectivity index (χ0) is 17.4. The summed E-state index contributed by atoms with van der Waals surface area (Å²) in [4.78, 5) is 18.0. The lowest BCUT2D eigenvalue weighted by Crippen LogP contribution is -2.13. The number of nitrogens with zero attached hydrogens (tertiary/aromatic N) is 2. The first-order valence-electron chi connectivity index (χ1n) is 8.01. The highest BCUT2D eigenvalue weighted by Gasteiger charge is 2.10. The Morgan fingerprint density at radius 2 is 1.92 bits per heavy atom. The smallest absolute Gasteiger partial charge is 0.255 e. The molecule has 2 heterocycles. The molecule has 1 amide bonds. The quantitative estimate of drug-likeness (QED) is 0.571. The number of benzene rings is 2.